The third kappa shape index (κ3) is 4.07. The predicted molar refractivity (Wildman–Crippen MR) is 93.1 cm³/mol. The van der Waals surface area contributed by atoms with Crippen molar-refractivity contribution >= 4 is 11.9 Å². The number of carbonyl (C=O) groups is 2. The second-order valence-corrected chi connectivity index (χ2v) is 7.40. The minimum Gasteiger partial charge on any atom is -0.478 e. The molecule has 0 aromatic heterocycles. The van der Waals surface area contributed by atoms with Gasteiger partial charge in [-0.1, -0.05) is 12.2 Å². The third-order valence-corrected chi connectivity index (χ3v) is 5.41. The van der Waals surface area contributed by atoms with Gasteiger partial charge in [-0.05, 0) is 0 Å². The molecule has 12 heteroatoms. The summed E-state index contributed by atoms with van der Waals surface area (Å²) in [5, 5.41) is 59.7. The Labute approximate surface area is 170 Å². The second-order valence-electron chi connectivity index (χ2n) is 7.40. The summed E-state index contributed by atoms with van der Waals surface area (Å²) in [6.07, 6.45) is -5.62. The number of fused-ring (bicyclic) bond motifs is 1. The first-order valence-electron chi connectivity index (χ1n) is 9.19. The molecule has 3 aliphatic rings. The van der Waals surface area contributed by atoms with Gasteiger partial charge in [0.05, 0.1) is 24.4 Å². The number of ether oxygens (including phenoxy) is 4. The van der Waals surface area contributed by atoms with E-state index in [1.807, 2.05) is 0 Å². The highest BCUT2D eigenvalue weighted by Gasteiger charge is 2.56. The first-order chi connectivity index (χ1) is 14.1. The number of esters is 1. The van der Waals surface area contributed by atoms with Gasteiger partial charge in [0, 0.05) is 12.8 Å². The molecule has 2 aliphatic heterocycles. The summed E-state index contributed by atoms with van der Waals surface area (Å²) in [6.45, 7) is -0.0460. The van der Waals surface area contributed by atoms with Crippen LogP contribution in [0.25, 0.3) is 0 Å². The van der Waals surface area contributed by atoms with Gasteiger partial charge in [0.15, 0.2) is 6.29 Å². The van der Waals surface area contributed by atoms with Gasteiger partial charge in [-0.25, -0.2) is 4.79 Å². The molecule has 12 nitrogen and oxygen atoms in total. The van der Waals surface area contributed by atoms with Gasteiger partial charge < -0.3 is 49.6 Å². The maximum absolute atomic E-state index is 11.5. The molecular weight excluding hydrogens is 408 g/mol. The van der Waals surface area contributed by atoms with Crippen LogP contribution in [0, 0.1) is 11.8 Å². The molecule has 6 N–H and O–H groups in total. The quantitative estimate of drug-likeness (QED) is 0.187. The number of rotatable bonds is 6. The predicted octanol–water partition coefficient (Wildman–Crippen LogP) is -2.78. The van der Waals surface area contributed by atoms with Crippen molar-refractivity contribution in [3.05, 3.63) is 24.0 Å². The lowest BCUT2D eigenvalue weighted by molar-refractivity contribution is -0.346. The molecule has 1 saturated heterocycles. The van der Waals surface area contributed by atoms with Gasteiger partial charge in [0.1, 0.15) is 36.6 Å². The number of hydrogen-bond donors (Lipinski definition) is 6. The number of aliphatic hydroxyl groups is 5. The second kappa shape index (κ2) is 8.59. The molecule has 9 atom stereocenters. The van der Waals surface area contributed by atoms with Crippen LogP contribution in [0.1, 0.15) is 6.92 Å². The van der Waals surface area contributed by atoms with Crippen molar-refractivity contribution in [2.24, 2.45) is 11.8 Å². The molecule has 30 heavy (non-hydrogen) atoms. The van der Waals surface area contributed by atoms with Crippen molar-refractivity contribution in [2.45, 2.75) is 49.5 Å². The fraction of sp³-hybridized carbons (Fsp3) is 0.667. The Bertz CT molecular complexity index is 733. The number of allylic oxidation sites excluding steroid dienone is 1. The lowest BCUT2D eigenvalue weighted by atomic mass is 9.79. The highest BCUT2D eigenvalue weighted by atomic mass is 16.8. The lowest BCUT2D eigenvalue weighted by Crippen LogP contribution is -2.61. The largest absolute Gasteiger partial charge is 0.478 e. The van der Waals surface area contributed by atoms with Crippen LogP contribution in [0.4, 0.5) is 0 Å². The highest BCUT2D eigenvalue weighted by Crippen LogP contribution is 2.45. The Morgan fingerprint density at radius 2 is 1.87 bits per heavy atom. The van der Waals surface area contributed by atoms with E-state index in [9.17, 15) is 40.2 Å². The van der Waals surface area contributed by atoms with E-state index >= 15 is 0 Å². The summed E-state index contributed by atoms with van der Waals surface area (Å²) in [4.78, 5) is 22.7. The van der Waals surface area contributed by atoms with E-state index in [1.54, 1.807) is 0 Å². The highest BCUT2D eigenvalue weighted by molar-refractivity contribution is 5.87. The zero-order valence-corrected chi connectivity index (χ0v) is 15.9. The number of hydrogen-bond acceptors (Lipinski definition) is 11. The number of carboxylic acid groups (broad SMARTS) is 1. The first kappa shape index (κ1) is 22.6. The molecule has 0 bridgehead atoms. The van der Waals surface area contributed by atoms with E-state index in [4.69, 9.17) is 18.9 Å². The van der Waals surface area contributed by atoms with Gasteiger partial charge in [-0.2, -0.15) is 0 Å². The zero-order valence-electron chi connectivity index (χ0n) is 15.9. The SMILES string of the molecule is CC(=O)OC[C@@]1(O)C=C[C@@H]2C(C(=O)O)=CO[C@@H](O[C@@H]3O[C@H](CO)[C@@H](O)[C@@H](O)[C@H]3O)[C@@H]21. The Morgan fingerprint density at radius 3 is 2.47 bits per heavy atom. The van der Waals surface area contributed by atoms with Crippen LogP contribution in [-0.2, 0) is 28.5 Å². The van der Waals surface area contributed by atoms with Crippen LogP contribution in [0.5, 0.6) is 0 Å². The molecule has 0 radical (unpaired) electrons. The van der Waals surface area contributed by atoms with Crippen LogP contribution in [-0.4, -0.2) is 98.4 Å². The molecule has 0 aromatic carbocycles. The van der Waals surface area contributed by atoms with Crippen LogP contribution >= 0.6 is 0 Å². The van der Waals surface area contributed by atoms with E-state index in [-0.39, 0.29) is 5.57 Å². The number of carbonyl (C=O) groups excluding carboxylic acids is 1. The molecule has 0 unspecified atom stereocenters. The normalized spacial score (nSPS) is 42.8. The Hall–Kier alpha value is -2.06. The molecular formula is C18H24O12. The average Bonchev–Trinajstić information content (AvgIpc) is 3.05. The molecule has 3 rings (SSSR count). The van der Waals surface area contributed by atoms with Gasteiger partial charge >= 0.3 is 11.9 Å². The average molecular weight is 432 g/mol. The topological polar surface area (TPSA) is 192 Å². The summed E-state index contributed by atoms with van der Waals surface area (Å²) < 4.78 is 21.1. The van der Waals surface area contributed by atoms with E-state index in [0.29, 0.717) is 0 Å². The van der Waals surface area contributed by atoms with Crippen molar-refractivity contribution in [3.8, 4) is 0 Å². The van der Waals surface area contributed by atoms with E-state index in [1.165, 1.54) is 12.2 Å². The van der Waals surface area contributed by atoms with Crippen LogP contribution < -0.4 is 0 Å². The summed E-state index contributed by atoms with van der Waals surface area (Å²) in [5.41, 5.74) is -2.03. The van der Waals surface area contributed by atoms with Gasteiger partial charge in [0.25, 0.3) is 0 Å². The van der Waals surface area contributed by atoms with E-state index in [2.05, 4.69) is 0 Å². The van der Waals surface area contributed by atoms with Crippen molar-refractivity contribution in [1.82, 2.24) is 0 Å². The molecule has 0 amide bonds. The number of carboxylic acids is 1. The summed E-state index contributed by atoms with van der Waals surface area (Å²) in [6, 6.07) is 0. The van der Waals surface area contributed by atoms with E-state index in [0.717, 1.165) is 13.2 Å². The lowest BCUT2D eigenvalue weighted by Gasteiger charge is -2.44. The number of aliphatic carboxylic acids is 1. The van der Waals surface area contributed by atoms with Crippen molar-refractivity contribution in [3.63, 3.8) is 0 Å². The third-order valence-electron chi connectivity index (χ3n) is 5.41. The number of aliphatic hydroxyl groups excluding tert-OH is 4. The molecule has 1 fully saturated rings. The molecule has 2 heterocycles. The van der Waals surface area contributed by atoms with Crippen molar-refractivity contribution < 1.29 is 59.2 Å². The maximum Gasteiger partial charge on any atom is 0.335 e. The minimum atomic E-state index is -1.86. The summed E-state index contributed by atoms with van der Waals surface area (Å²) >= 11 is 0. The molecule has 168 valence electrons. The summed E-state index contributed by atoms with van der Waals surface area (Å²) in [5.74, 6) is -3.96. The van der Waals surface area contributed by atoms with Crippen LogP contribution in [0.15, 0.2) is 24.0 Å². The van der Waals surface area contributed by atoms with Crippen molar-refractivity contribution in [2.75, 3.05) is 13.2 Å². The fourth-order valence-electron chi connectivity index (χ4n) is 3.80. The van der Waals surface area contributed by atoms with Gasteiger partial charge in [-0.3, -0.25) is 4.79 Å². The zero-order chi connectivity index (χ0) is 22.2. The van der Waals surface area contributed by atoms with Crippen LogP contribution in [0.3, 0.4) is 0 Å². The van der Waals surface area contributed by atoms with Crippen LogP contribution in [0.2, 0.25) is 0 Å². The molecule has 1 aliphatic carbocycles. The Morgan fingerprint density at radius 1 is 1.17 bits per heavy atom. The molecule has 0 saturated carbocycles. The summed E-state index contributed by atoms with van der Waals surface area (Å²) in [7, 11) is 0. The monoisotopic (exact) mass is 432 g/mol. The Balaban J connectivity index is 1.86. The molecule has 0 spiro atoms. The minimum absolute atomic E-state index is 0.177. The van der Waals surface area contributed by atoms with Gasteiger partial charge in [-0.15, -0.1) is 0 Å². The smallest absolute Gasteiger partial charge is 0.335 e. The maximum atomic E-state index is 11.5. The van der Waals surface area contributed by atoms with Gasteiger partial charge in [0.2, 0.25) is 6.29 Å². The fourth-order valence-corrected chi connectivity index (χ4v) is 3.80. The van der Waals surface area contributed by atoms with E-state index < -0.39 is 79.6 Å². The Kier molecular flexibility index (Phi) is 6.48. The molecule has 0 aromatic rings. The first-order valence-corrected chi connectivity index (χ1v) is 9.19. The van der Waals surface area contributed by atoms with Crippen molar-refractivity contribution in [1.29, 1.82) is 0 Å². The standard InChI is InChI=1S/C18H24O12/c1-7(20)28-6-18(26)3-2-8-9(15(24)25)5-27-16(11(8)18)30-17-14(23)13(22)12(21)10(4-19)29-17/h2-3,5,8,10-14,16-17,19,21-23,26H,4,6H2,1H3,(H,24,25)/t8-,10-,11-,12-,13-,14-,16+,17+,18+/m1/s1.